The number of halogens is 1. The molecule has 27 heavy (non-hydrogen) atoms. The van der Waals surface area contributed by atoms with Gasteiger partial charge in [0.25, 0.3) is 0 Å². The third-order valence-corrected chi connectivity index (χ3v) is 5.31. The molecule has 0 aliphatic carbocycles. The first-order valence-corrected chi connectivity index (χ1v) is 9.54. The molecular formula is C20H16ClN3O2S. The Morgan fingerprint density at radius 3 is 2.81 bits per heavy atom. The second-order valence-corrected chi connectivity index (χ2v) is 7.19. The maximum atomic E-state index is 12.5. The molecule has 5 nitrogen and oxygen atoms in total. The van der Waals surface area contributed by atoms with Crippen molar-refractivity contribution < 1.29 is 9.53 Å². The number of aromatic nitrogens is 2. The van der Waals surface area contributed by atoms with Crippen LogP contribution >= 0.6 is 22.9 Å². The van der Waals surface area contributed by atoms with Crippen molar-refractivity contribution in [3.05, 3.63) is 70.8 Å². The van der Waals surface area contributed by atoms with E-state index in [0.29, 0.717) is 16.5 Å². The summed E-state index contributed by atoms with van der Waals surface area (Å²) >= 11 is 7.63. The van der Waals surface area contributed by atoms with E-state index in [-0.39, 0.29) is 12.3 Å². The number of hydrogen-bond acceptors (Lipinski definition) is 4. The molecule has 0 atom stereocenters. The molecule has 4 aromatic rings. The summed E-state index contributed by atoms with van der Waals surface area (Å²) in [5.74, 6) is 0.451. The molecule has 136 valence electrons. The molecule has 0 aliphatic heterocycles. The second kappa shape index (κ2) is 7.42. The van der Waals surface area contributed by atoms with Crippen LogP contribution in [0.1, 0.15) is 5.69 Å². The van der Waals surface area contributed by atoms with E-state index in [9.17, 15) is 4.79 Å². The molecule has 2 aromatic carbocycles. The zero-order valence-corrected chi connectivity index (χ0v) is 16.1. The van der Waals surface area contributed by atoms with Crippen molar-refractivity contribution in [2.24, 2.45) is 0 Å². The van der Waals surface area contributed by atoms with E-state index in [0.717, 1.165) is 21.9 Å². The molecular weight excluding hydrogens is 382 g/mol. The lowest BCUT2D eigenvalue weighted by molar-refractivity contribution is -0.115. The average molecular weight is 398 g/mol. The zero-order valence-electron chi connectivity index (χ0n) is 14.5. The van der Waals surface area contributed by atoms with E-state index in [1.807, 2.05) is 46.3 Å². The van der Waals surface area contributed by atoms with Crippen molar-refractivity contribution in [2.45, 2.75) is 6.42 Å². The highest BCUT2D eigenvalue weighted by Gasteiger charge is 2.13. The van der Waals surface area contributed by atoms with Crippen molar-refractivity contribution >= 4 is 39.5 Å². The Labute approximate surface area is 165 Å². The van der Waals surface area contributed by atoms with Crippen LogP contribution in [0.5, 0.6) is 5.75 Å². The molecule has 0 saturated heterocycles. The number of benzene rings is 2. The summed E-state index contributed by atoms with van der Waals surface area (Å²) in [4.78, 5) is 18.0. The summed E-state index contributed by atoms with van der Waals surface area (Å²) in [5, 5.41) is 5.28. The normalized spacial score (nSPS) is 10.9. The molecule has 0 saturated carbocycles. The first kappa shape index (κ1) is 17.6. The van der Waals surface area contributed by atoms with Crippen LogP contribution in [0.3, 0.4) is 0 Å². The minimum Gasteiger partial charge on any atom is -0.495 e. The molecule has 1 N–H and O–H groups in total. The summed E-state index contributed by atoms with van der Waals surface area (Å²) < 4.78 is 7.09. The molecule has 0 fully saturated rings. The molecule has 0 bridgehead atoms. The van der Waals surface area contributed by atoms with Gasteiger partial charge in [-0.3, -0.25) is 9.20 Å². The first-order chi connectivity index (χ1) is 13.1. The van der Waals surface area contributed by atoms with Crippen LogP contribution in [0.25, 0.3) is 16.2 Å². The van der Waals surface area contributed by atoms with Gasteiger partial charge in [-0.2, -0.15) is 0 Å². The predicted octanol–water partition coefficient (Wildman–Crippen LogP) is 4.91. The quantitative estimate of drug-likeness (QED) is 0.520. The number of imidazole rings is 1. The van der Waals surface area contributed by atoms with Crippen molar-refractivity contribution in [2.75, 3.05) is 12.4 Å². The third kappa shape index (κ3) is 3.67. The summed E-state index contributed by atoms with van der Waals surface area (Å²) in [6.45, 7) is 0. The molecule has 7 heteroatoms. The van der Waals surface area contributed by atoms with E-state index in [1.54, 1.807) is 25.3 Å². The minimum atomic E-state index is -0.120. The third-order valence-electron chi connectivity index (χ3n) is 4.13. The number of fused-ring (bicyclic) bond motifs is 1. The van der Waals surface area contributed by atoms with Gasteiger partial charge in [0, 0.05) is 28.5 Å². The Morgan fingerprint density at radius 1 is 1.26 bits per heavy atom. The highest BCUT2D eigenvalue weighted by molar-refractivity contribution is 7.15. The van der Waals surface area contributed by atoms with E-state index in [4.69, 9.17) is 16.3 Å². The fourth-order valence-electron chi connectivity index (χ4n) is 2.82. The van der Waals surface area contributed by atoms with E-state index < -0.39 is 0 Å². The van der Waals surface area contributed by atoms with Gasteiger partial charge in [0.05, 0.1) is 24.2 Å². The molecule has 0 spiro atoms. The number of carbonyl (C=O) groups excluding carboxylic acids is 1. The molecule has 0 aliphatic rings. The number of carbonyl (C=O) groups is 1. The van der Waals surface area contributed by atoms with Crippen molar-refractivity contribution in [1.29, 1.82) is 0 Å². The lowest BCUT2D eigenvalue weighted by Crippen LogP contribution is -2.15. The van der Waals surface area contributed by atoms with Crippen LogP contribution in [0.2, 0.25) is 5.02 Å². The minimum absolute atomic E-state index is 0.120. The van der Waals surface area contributed by atoms with Gasteiger partial charge in [-0.1, -0.05) is 41.9 Å². The highest BCUT2D eigenvalue weighted by Crippen LogP contribution is 2.28. The molecule has 0 unspecified atom stereocenters. The van der Waals surface area contributed by atoms with E-state index >= 15 is 0 Å². The number of amides is 1. The van der Waals surface area contributed by atoms with Crippen LogP contribution in [-0.4, -0.2) is 22.4 Å². The fraction of sp³-hybridized carbons (Fsp3) is 0.100. The second-order valence-electron chi connectivity index (χ2n) is 5.95. The number of nitrogens with zero attached hydrogens (tertiary/aromatic N) is 2. The number of hydrogen-bond donors (Lipinski definition) is 1. The zero-order chi connectivity index (χ0) is 18.8. The Kier molecular flexibility index (Phi) is 4.83. The summed E-state index contributed by atoms with van der Waals surface area (Å²) in [5.41, 5.74) is 3.47. The Balaban J connectivity index is 1.52. The van der Waals surface area contributed by atoms with Crippen LogP contribution < -0.4 is 10.1 Å². The first-order valence-electron chi connectivity index (χ1n) is 8.28. The summed E-state index contributed by atoms with van der Waals surface area (Å²) in [7, 11) is 1.55. The van der Waals surface area contributed by atoms with Crippen LogP contribution in [-0.2, 0) is 11.2 Å². The van der Waals surface area contributed by atoms with Gasteiger partial charge < -0.3 is 10.1 Å². The van der Waals surface area contributed by atoms with Gasteiger partial charge in [-0.15, -0.1) is 11.3 Å². The molecule has 2 heterocycles. The fourth-order valence-corrected chi connectivity index (χ4v) is 3.95. The van der Waals surface area contributed by atoms with Crippen molar-refractivity contribution in [3.63, 3.8) is 0 Å². The van der Waals surface area contributed by atoms with Gasteiger partial charge in [-0.25, -0.2) is 4.98 Å². The number of anilines is 1. The SMILES string of the molecule is COc1ccc(NC(=O)Cc2csc3nc(-c4ccccc4)cn23)cc1Cl. The number of thiazole rings is 1. The van der Waals surface area contributed by atoms with Crippen molar-refractivity contribution in [3.8, 4) is 17.0 Å². The summed E-state index contributed by atoms with van der Waals surface area (Å²) in [6, 6.07) is 15.1. The van der Waals surface area contributed by atoms with Gasteiger partial charge >= 0.3 is 0 Å². The molecule has 1 amide bonds. The number of rotatable bonds is 5. The number of methoxy groups -OCH3 is 1. The maximum Gasteiger partial charge on any atom is 0.230 e. The van der Waals surface area contributed by atoms with Crippen molar-refractivity contribution in [1.82, 2.24) is 9.38 Å². The monoisotopic (exact) mass is 397 g/mol. The van der Waals surface area contributed by atoms with Gasteiger partial charge in [-0.05, 0) is 18.2 Å². The molecule has 4 rings (SSSR count). The van der Waals surface area contributed by atoms with Gasteiger partial charge in [0.15, 0.2) is 4.96 Å². The lowest BCUT2D eigenvalue weighted by atomic mass is 10.2. The van der Waals surface area contributed by atoms with Gasteiger partial charge in [0.2, 0.25) is 5.91 Å². The standard InChI is InChI=1S/C20H16ClN3O2S/c1-26-18-8-7-14(9-16(18)21)22-19(25)10-15-12-27-20-23-17(11-24(15)20)13-5-3-2-4-6-13/h2-9,11-12H,10H2,1H3,(H,22,25). The molecule has 2 aromatic heterocycles. The topological polar surface area (TPSA) is 55.6 Å². The largest absolute Gasteiger partial charge is 0.495 e. The van der Waals surface area contributed by atoms with Gasteiger partial charge in [0.1, 0.15) is 5.75 Å². The number of ether oxygens (including phenoxy) is 1. The van der Waals surface area contributed by atoms with Crippen LogP contribution in [0.15, 0.2) is 60.1 Å². The highest BCUT2D eigenvalue weighted by atomic mass is 35.5. The number of nitrogens with one attached hydrogen (secondary N) is 1. The Bertz CT molecular complexity index is 1110. The van der Waals surface area contributed by atoms with E-state index in [2.05, 4.69) is 10.3 Å². The van der Waals surface area contributed by atoms with Crippen LogP contribution in [0.4, 0.5) is 5.69 Å². The molecule has 0 radical (unpaired) electrons. The van der Waals surface area contributed by atoms with E-state index in [1.165, 1.54) is 11.3 Å². The lowest BCUT2D eigenvalue weighted by Gasteiger charge is -2.08. The Hall–Kier alpha value is -2.83. The smallest absolute Gasteiger partial charge is 0.230 e. The average Bonchev–Trinajstić information content (AvgIpc) is 3.25. The predicted molar refractivity (Wildman–Crippen MR) is 109 cm³/mol. The Morgan fingerprint density at radius 2 is 2.07 bits per heavy atom. The summed E-state index contributed by atoms with van der Waals surface area (Å²) in [6.07, 6.45) is 2.21. The maximum absolute atomic E-state index is 12.5. The van der Waals surface area contributed by atoms with Crippen LogP contribution in [0, 0.1) is 0 Å².